The number of carbonyl (C=O) groups is 3. The lowest BCUT2D eigenvalue weighted by atomic mass is 10.0. The number of nitrogens with one attached hydrogen (secondary N) is 1. The molecule has 0 bridgehead atoms. The largest absolute Gasteiger partial charge is 0.467 e. The summed E-state index contributed by atoms with van der Waals surface area (Å²) in [6.45, 7) is 1.92. The summed E-state index contributed by atoms with van der Waals surface area (Å²) in [4.78, 5) is 47.0. The van der Waals surface area contributed by atoms with E-state index in [-0.39, 0.29) is 36.8 Å². The van der Waals surface area contributed by atoms with Gasteiger partial charge in [-0.2, -0.15) is 11.8 Å². The number of rotatable bonds is 13. The number of nitrogens with zero attached hydrogens (tertiary/aromatic N) is 3. The molecule has 2 aromatic carbocycles. The predicted octanol–water partition coefficient (Wildman–Crippen LogP) is 4.10. The minimum Gasteiger partial charge on any atom is -0.467 e. The number of benzene rings is 2. The maximum Gasteiger partial charge on any atom is 0.328 e. The van der Waals surface area contributed by atoms with Crippen molar-refractivity contribution in [2.75, 3.05) is 38.8 Å². The maximum absolute atomic E-state index is 13.3. The van der Waals surface area contributed by atoms with E-state index < -0.39 is 12.0 Å². The summed E-state index contributed by atoms with van der Waals surface area (Å²) in [6.07, 6.45) is 8.02. The van der Waals surface area contributed by atoms with Gasteiger partial charge in [-0.05, 0) is 59.2 Å². The summed E-state index contributed by atoms with van der Waals surface area (Å²) in [7, 11) is 1.34. The molecule has 2 heterocycles. The Bertz CT molecular complexity index is 1290. The average Bonchev–Trinajstić information content (AvgIpc) is 3.43. The number of methoxy groups -OCH3 is 1. The third-order valence-corrected chi connectivity index (χ3v) is 7.96. The van der Waals surface area contributed by atoms with E-state index in [0.29, 0.717) is 32.5 Å². The molecule has 1 unspecified atom stereocenters. The van der Waals surface area contributed by atoms with E-state index in [9.17, 15) is 14.4 Å². The molecule has 1 fully saturated rings. The molecule has 1 saturated heterocycles. The molecule has 0 spiro atoms. The van der Waals surface area contributed by atoms with Gasteiger partial charge < -0.3 is 15.0 Å². The molecule has 3 aromatic rings. The minimum absolute atomic E-state index is 0. The third-order valence-electron chi connectivity index (χ3n) is 7.32. The van der Waals surface area contributed by atoms with Crippen LogP contribution in [0.3, 0.4) is 0 Å². The molecule has 4 rings (SSSR count). The van der Waals surface area contributed by atoms with Crippen molar-refractivity contribution >= 4 is 52.7 Å². The van der Waals surface area contributed by atoms with Gasteiger partial charge in [0.15, 0.2) is 0 Å². The molecule has 41 heavy (non-hydrogen) atoms. The molecule has 0 radical (unpaired) electrons. The summed E-state index contributed by atoms with van der Waals surface area (Å²) in [6, 6.07) is 17.5. The van der Waals surface area contributed by atoms with Crippen LogP contribution in [0.15, 0.2) is 67.0 Å². The molecule has 220 valence electrons. The van der Waals surface area contributed by atoms with Gasteiger partial charge in [-0.15, -0.1) is 12.4 Å². The van der Waals surface area contributed by atoms with Gasteiger partial charge in [0.1, 0.15) is 6.04 Å². The van der Waals surface area contributed by atoms with Gasteiger partial charge in [-0.1, -0.05) is 48.5 Å². The number of thioether (sulfide) groups is 1. The highest BCUT2D eigenvalue weighted by Crippen LogP contribution is 2.23. The molecule has 1 N–H and O–H groups in total. The molecule has 1 aliphatic heterocycles. The van der Waals surface area contributed by atoms with Crippen LogP contribution in [0.2, 0.25) is 0 Å². The van der Waals surface area contributed by atoms with Gasteiger partial charge in [0.2, 0.25) is 11.8 Å². The van der Waals surface area contributed by atoms with Crippen LogP contribution in [0.5, 0.6) is 0 Å². The van der Waals surface area contributed by atoms with E-state index in [0.717, 1.165) is 40.5 Å². The first-order chi connectivity index (χ1) is 19.5. The summed E-state index contributed by atoms with van der Waals surface area (Å²) in [5, 5.41) is 5.17. The maximum atomic E-state index is 13.3. The zero-order valence-corrected chi connectivity index (χ0v) is 25.3. The van der Waals surface area contributed by atoms with E-state index in [4.69, 9.17) is 4.74 Å². The number of likely N-dealkylation sites (tertiary alicyclic amines) is 1. The van der Waals surface area contributed by atoms with Crippen LogP contribution in [-0.2, 0) is 32.1 Å². The monoisotopic (exact) mass is 598 g/mol. The number of amides is 2. The van der Waals surface area contributed by atoms with Gasteiger partial charge in [0.25, 0.3) is 0 Å². The molecule has 2 atom stereocenters. The Labute approximate surface area is 252 Å². The second-order valence-corrected chi connectivity index (χ2v) is 11.1. The topological polar surface area (TPSA) is 91.8 Å². The van der Waals surface area contributed by atoms with E-state index in [2.05, 4.69) is 39.5 Å². The quantitative estimate of drug-likeness (QED) is 0.296. The van der Waals surface area contributed by atoms with E-state index in [1.54, 1.807) is 24.2 Å². The van der Waals surface area contributed by atoms with Crippen molar-refractivity contribution in [2.45, 2.75) is 44.3 Å². The van der Waals surface area contributed by atoms with Crippen LogP contribution >= 0.6 is 24.2 Å². The minimum atomic E-state index is -0.687. The molecular weight excluding hydrogens is 560 g/mol. The number of carbonyl (C=O) groups excluding carboxylic acids is 3. The summed E-state index contributed by atoms with van der Waals surface area (Å²) in [5.41, 5.74) is 2.01. The Kier molecular flexibility index (Phi) is 12.9. The van der Waals surface area contributed by atoms with Crippen molar-refractivity contribution in [2.24, 2.45) is 0 Å². The second kappa shape index (κ2) is 16.3. The van der Waals surface area contributed by atoms with Gasteiger partial charge in [0, 0.05) is 38.1 Å². The van der Waals surface area contributed by atoms with Gasteiger partial charge in [0.05, 0.1) is 20.1 Å². The van der Waals surface area contributed by atoms with Crippen LogP contribution < -0.4 is 5.32 Å². The van der Waals surface area contributed by atoms with E-state index in [1.165, 1.54) is 7.11 Å². The van der Waals surface area contributed by atoms with Crippen LogP contribution in [-0.4, -0.2) is 83.4 Å². The fraction of sp³-hybridized carbons (Fsp3) is 0.419. The summed E-state index contributed by atoms with van der Waals surface area (Å²) >= 11 is 1.62. The Morgan fingerprint density at radius 1 is 1.15 bits per heavy atom. The van der Waals surface area contributed by atoms with Gasteiger partial charge in [-0.25, -0.2) is 4.79 Å². The number of ether oxygens (including phenoxy) is 1. The number of hydrogen-bond donors (Lipinski definition) is 1. The molecule has 10 heteroatoms. The van der Waals surface area contributed by atoms with Crippen molar-refractivity contribution in [1.29, 1.82) is 0 Å². The lowest BCUT2D eigenvalue weighted by molar-refractivity contribution is -0.145. The highest BCUT2D eigenvalue weighted by molar-refractivity contribution is 7.98. The fourth-order valence-corrected chi connectivity index (χ4v) is 5.83. The first kappa shape index (κ1) is 32.4. The van der Waals surface area contributed by atoms with Crippen molar-refractivity contribution < 1.29 is 19.1 Å². The average molecular weight is 599 g/mol. The number of pyridine rings is 1. The van der Waals surface area contributed by atoms with Gasteiger partial charge >= 0.3 is 5.97 Å². The smallest absolute Gasteiger partial charge is 0.328 e. The highest BCUT2D eigenvalue weighted by atomic mass is 35.5. The van der Waals surface area contributed by atoms with Crippen molar-refractivity contribution in [3.8, 4) is 0 Å². The molecular formula is C31H39ClN4O4S. The predicted molar refractivity (Wildman–Crippen MR) is 166 cm³/mol. The molecule has 1 aliphatic rings. The molecule has 0 aliphatic carbocycles. The fourth-order valence-electron chi connectivity index (χ4n) is 5.36. The SMILES string of the molecule is COC(=O)C(CCSC)NC(=O)CN(Cc1cccc2ccccc12)C[C@@H]1CCCN1C(=O)Cc1cccnc1.Cl. The van der Waals surface area contributed by atoms with Crippen molar-refractivity contribution in [1.82, 2.24) is 20.1 Å². The summed E-state index contributed by atoms with van der Waals surface area (Å²) < 4.78 is 4.93. The number of fused-ring (bicyclic) bond motifs is 1. The number of hydrogen-bond acceptors (Lipinski definition) is 7. The molecule has 1 aromatic heterocycles. The Hall–Kier alpha value is -3.14. The molecule has 2 amide bonds. The zero-order valence-electron chi connectivity index (χ0n) is 23.7. The first-order valence-corrected chi connectivity index (χ1v) is 15.1. The summed E-state index contributed by atoms with van der Waals surface area (Å²) in [5.74, 6) is 0.136. The van der Waals surface area contributed by atoms with Crippen LogP contribution in [0.1, 0.15) is 30.4 Å². The standard InChI is InChI=1S/C31H38N4O4S.ClH/c1-39-31(38)28(14-17-40-2)33-29(36)22-34(20-25-11-5-10-24-9-3-4-13-27(24)25)21-26-12-7-16-35(26)30(37)18-23-8-6-15-32-19-23;/h3-6,8-11,13,15,19,26,28H,7,12,14,16-18,20-22H2,1-2H3,(H,33,36);1H/t26-,28?;/m0./s1. The Balaban J connectivity index is 0.00000462. The zero-order chi connectivity index (χ0) is 28.3. The lowest BCUT2D eigenvalue weighted by Gasteiger charge is -2.31. The van der Waals surface area contributed by atoms with E-state index >= 15 is 0 Å². The van der Waals surface area contributed by atoms with Crippen molar-refractivity contribution in [3.05, 3.63) is 78.1 Å². The van der Waals surface area contributed by atoms with E-state index in [1.807, 2.05) is 41.5 Å². The number of halogens is 1. The Morgan fingerprint density at radius 2 is 1.95 bits per heavy atom. The van der Waals surface area contributed by atoms with Crippen LogP contribution in [0.4, 0.5) is 0 Å². The number of aromatic nitrogens is 1. The van der Waals surface area contributed by atoms with Crippen molar-refractivity contribution in [3.63, 3.8) is 0 Å². The molecule has 8 nitrogen and oxygen atoms in total. The normalized spacial score (nSPS) is 15.4. The third kappa shape index (κ3) is 9.18. The van der Waals surface area contributed by atoms with Crippen LogP contribution in [0, 0.1) is 0 Å². The first-order valence-electron chi connectivity index (χ1n) is 13.7. The molecule has 0 saturated carbocycles. The van der Waals surface area contributed by atoms with Crippen LogP contribution in [0.25, 0.3) is 10.8 Å². The second-order valence-electron chi connectivity index (χ2n) is 10.2. The lowest BCUT2D eigenvalue weighted by Crippen LogP contribution is -2.49. The van der Waals surface area contributed by atoms with Gasteiger partial charge in [-0.3, -0.25) is 19.5 Å². The highest BCUT2D eigenvalue weighted by Gasteiger charge is 2.31. The number of esters is 1. The Morgan fingerprint density at radius 3 is 2.71 bits per heavy atom.